The summed E-state index contributed by atoms with van der Waals surface area (Å²) in [6.07, 6.45) is 6.28. The van der Waals surface area contributed by atoms with Crippen LogP contribution in [0.2, 0.25) is 0 Å². The smallest absolute Gasteiger partial charge is 0.0858 e. The molecule has 0 spiro atoms. The van der Waals surface area contributed by atoms with E-state index in [-0.39, 0.29) is 0 Å². The molecule has 0 saturated carbocycles. The van der Waals surface area contributed by atoms with E-state index in [2.05, 4.69) is 74.6 Å². The van der Waals surface area contributed by atoms with E-state index in [1.807, 2.05) is 32.5 Å². The van der Waals surface area contributed by atoms with Gasteiger partial charge in [-0.05, 0) is 81.7 Å². The van der Waals surface area contributed by atoms with Gasteiger partial charge in [0.1, 0.15) is 0 Å². The molecule has 0 aliphatic rings. The Hall–Kier alpha value is -1.48. The highest BCUT2D eigenvalue weighted by Gasteiger charge is 2.08. The molecule has 0 radical (unpaired) electrons. The van der Waals surface area contributed by atoms with E-state index in [1.165, 1.54) is 35.4 Å². The Balaban J connectivity index is 0. The van der Waals surface area contributed by atoms with Crippen LogP contribution in [0.4, 0.5) is 11.4 Å². The first-order chi connectivity index (χ1) is 12.0. The summed E-state index contributed by atoms with van der Waals surface area (Å²) in [6, 6.07) is 4.34. The molecule has 0 saturated heterocycles. The predicted octanol–water partition coefficient (Wildman–Crippen LogP) is 7.34. The maximum Gasteiger partial charge on any atom is 0.0858 e. The second-order valence-electron chi connectivity index (χ2n) is 5.46. The summed E-state index contributed by atoms with van der Waals surface area (Å²) in [4.78, 5) is 6.45. The molecule has 142 valence electrons. The van der Waals surface area contributed by atoms with Gasteiger partial charge >= 0.3 is 0 Å². The molecule has 0 aromatic heterocycles. The zero-order valence-electron chi connectivity index (χ0n) is 17.4. The number of aryl methyl sites for hydroxylation is 2. The maximum absolute atomic E-state index is 4.16. The van der Waals surface area contributed by atoms with Crippen LogP contribution in [-0.4, -0.2) is 26.1 Å². The van der Waals surface area contributed by atoms with Gasteiger partial charge in [0.25, 0.3) is 0 Å². The number of thioether (sulfide) groups is 1. The third-order valence-electron chi connectivity index (χ3n) is 3.41. The minimum absolute atomic E-state index is 0.985. The molecule has 3 heteroatoms. The van der Waals surface area contributed by atoms with Gasteiger partial charge in [-0.25, -0.2) is 0 Å². The van der Waals surface area contributed by atoms with Crippen LogP contribution < -0.4 is 4.90 Å². The highest BCUT2D eigenvalue weighted by molar-refractivity contribution is 8.02. The Bertz CT molecular complexity index is 507. The van der Waals surface area contributed by atoms with Crippen LogP contribution in [-0.2, 0) is 0 Å². The Morgan fingerprint density at radius 2 is 1.68 bits per heavy atom. The fourth-order valence-electron chi connectivity index (χ4n) is 2.04. The molecule has 0 unspecified atom stereocenters. The first-order valence-electron chi connectivity index (χ1n) is 9.10. The third kappa shape index (κ3) is 11.7. The second-order valence-corrected chi connectivity index (χ2v) is 6.47. The van der Waals surface area contributed by atoms with Gasteiger partial charge in [-0.2, -0.15) is 0 Å². The summed E-state index contributed by atoms with van der Waals surface area (Å²) in [5.41, 5.74) is 4.75. The number of aliphatic imine (C=N–C) groups is 1. The first-order valence-corrected chi connectivity index (χ1v) is 10.2. The molecule has 2 nitrogen and oxygen atoms in total. The van der Waals surface area contributed by atoms with E-state index in [0.717, 1.165) is 12.2 Å². The standard InChI is InChI=1S/C17H26N2S.C3H6.C2H6/c1-6-10-20-11-8-7-9-19(5)17-13-15(3)14(2)12-16(17)18-4;1-3-2;1-2/h6,10,12-13H,4,7-9,11H2,1-3,5H3;3H,1H2,2H3;1-2H3/b10-6+;;. The summed E-state index contributed by atoms with van der Waals surface area (Å²) >= 11 is 1.89. The van der Waals surface area contributed by atoms with Crippen molar-refractivity contribution in [3.05, 3.63) is 47.4 Å². The molecule has 25 heavy (non-hydrogen) atoms. The Labute approximate surface area is 161 Å². The van der Waals surface area contributed by atoms with Gasteiger partial charge in [0.15, 0.2) is 0 Å². The van der Waals surface area contributed by atoms with Gasteiger partial charge in [-0.15, -0.1) is 18.3 Å². The average molecular weight is 363 g/mol. The van der Waals surface area contributed by atoms with Gasteiger partial charge in [-0.1, -0.05) is 26.0 Å². The van der Waals surface area contributed by atoms with Crippen molar-refractivity contribution in [3.63, 3.8) is 0 Å². The zero-order valence-corrected chi connectivity index (χ0v) is 18.2. The van der Waals surface area contributed by atoms with Gasteiger partial charge in [-0.3, -0.25) is 4.99 Å². The molecule has 0 aliphatic carbocycles. The number of benzene rings is 1. The van der Waals surface area contributed by atoms with Crippen molar-refractivity contribution in [1.82, 2.24) is 0 Å². The van der Waals surface area contributed by atoms with E-state index in [0.29, 0.717) is 0 Å². The van der Waals surface area contributed by atoms with Crippen LogP contribution >= 0.6 is 11.8 Å². The van der Waals surface area contributed by atoms with Crippen molar-refractivity contribution in [1.29, 1.82) is 0 Å². The van der Waals surface area contributed by atoms with Crippen LogP contribution in [0.25, 0.3) is 0 Å². The quantitative estimate of drug-likeness (QED) is 0.273. The lowest BCUT2D eigenvalue weighted by molar-refractivity contribution is 0.773. The topological polar surface area (TPSA) is 15.6 Å². The molecule has 0 N–H and O–H groups in total. The van der Waals surface area contributed by atoms with Gasteiger partial charge in [0.2, 0.25) is 0 Å². The van der Waals surface area contributed by atoms with Crippen LogP contribution in [0.5, 0.6) is 0 Å². The minimum atomic E-state index is 0.985. The molecular formula is C22H38N2S. The average Bonchev–Trinajstić information content (AvgIpc) is 2.62. The van der Waals surface area contributed by atoms with Crippen LogP contribution in [0, 0.1) is 13.8 Å². The molecule has 1 rings (SSSR count). The molecule has 0 heterocycles. The van der Waals surface area contributed by atoms with Gasteiger partial charge in [0.05, 0.1) is 11.4 Å². The van der Waals surface area contributed by atoms with Crippen molar-refractivity contribution < 1.29 is 0 Å². The zero-order chi connectivity index (χ0) is 19.7. The predicted molar refractivity (Wildman–Crippen MR) is 122 cm³/mol. The monoisotopic (exact) mass is 362 g/mol. The van der Waals surface area contributed by atoms with E-state index in [4.69, 9.17) is 0 Å². The Kier molecular flexibility index (Phi) is 17.9. The number of unbranched alkanes of at least 4 members (excludes halogenated alkanes) is 1. The number of allylic oxidation sites excluding steroid dienone is 2. The molecule has 0 fully saturated rings. The van der Waals surface area contributed by atoms with E-state index in [9.17, 15) is 0 Å². The highest BCUT2D eigenvalue weighted by Crippen LogP contribution is 2.31. The number of hydrogen-bond donors (Lipinski definition) is 0. The number of hydrogen-bond acceptors (Lipinski definition) is 3. The van der Waals surface area contributed by atoms with Crippen LogP contribution in [0.1, 0.15) is 51.7 Å². The lowest BCUT2D eigenvalue weighted by Crippen LogP contribution is -2.19. The van der Waals surface area contributed by atoms with Gasteiger partial charge in [0, 0.05) is 13.6 Å². The molecule has 0 bridgehead atoms. The summed E-state index contributed by atoms with van der Waals surface area (Å²) in [5, 5.41) is 2.16. The fourth-order valence-corrected chi connectivity index (χ4v) is 2.74. The van der Waals surface area contributed by atoms with Crippen molar-refractivity contribution in [2.45, 2.75) is 54.4 Å². The maximum atomic E-state index is 4.16. The summed E-state index contributed by atoms with van der Waals surface area (Å²) in [7, 11) is 2.14. The summed E-state index contributed by atoms with van der Waals surface area (Å²) in [5.74, 6) is 1.19. The second kappa shape index (κ2) is 17.3. The van der Waals surface area contributed by atoms with E-state index in [1.54, 1.807) is 6.08 Å². The van der Waals surface area contributed by atoms with Crippen LogP contribution in [0.3, 0.4) is 0 Å². The Morgan fingerprint density at radius 1 is 1.12 bits per heavy atom. The molecule has 0 atom stereocenters. The largest absolute Gasteiger partial charge is 0.373 e. The van der Waals surface area contributed by atoms with E-state index < -0.39 is 0 Å². The molecule has 0 aliphatic heterocycles. The molecule has 1 aromatic rings. The van der Waals surface area contributed by atoms with Crippen molar-refractivity contribution in [2.24, 2.45) is 4.99 Å². The molecule has 0 amide bonds. The van der Waals surface area contributed by atoms with Crippen molar-refractivity contribution >= 4 is 29.9 Å². The SMILES string of the molecule is C=CC.C=Nc1cc(C)c(C)cc1N(C)CCCCS/C=C/C.CC. The summed E-state index contributed by atoms with van der Waals surface area (Å²) in [6.45, 7) is 20.3. The molecule has 1 aromatic carbocycles. The summed E-state index contributed by atoms with van der Waals surface area (Å²) < 4.78 is 0. The number of rotatable bonds is 8. The number of anilines is 1. The lowest BCUT2D eigenvalue weighted by atomic mass is 10.1. The lowest BCUT2D eigenvalue weighted by Gasteiger charge is -2.22. The third-order valence-corrected chi connectivity index (χ3v) is 4.40. The highest BCUT2D eigenvalue weighted by atomic mass is 32.2. The fraction of sp³-hybridized carbons (Fsp3) is 0.500. The normalized spacial score (nSPS) is 9.56. The van der Waals surface area contributed by atoms with E-state index >= 15 is 0 Å². The minimum Gasteiger partial charge on any atom is -0.373 e. The van der Waals surface area contributed by atoms with Crippen molar-refractivity contribution in [3.8, 4) is 0 Å². The van der Waals surface area contributed by atoms with Crippen molar-refractivity contribution in [2.75, 3.05) is 24.2 Å². The first kappa shape index (κ1) is 25.8. The van der Waals surface area contributed by atoms with Gasteiger partial charge < -0.3 is 4.90 Å². The number of nitrogens with zero attached hydrogens (tertiary/aromatic N) is 2. The Morgan fingerprint density at radius 3 is 2.20 bits per heavy atom. The molecular weight excluding hydrogens is 324 g/mol. The van der Waals surface area contributed by atoms with Crippen LogP contribution in [0.15, 0.2) is 41.3 Å².